The number of pyridine rings is 1. The number of rotatable bonds is 4. The number of nitrogens with zero attached hydrogens (tertiary/aromatic N) is 4. The molecular formula is C13H24N4O2S. The Labute approximate surface area is 126 Å². The van der Waals surface area contributed by atoms with Gasteiger partial charge in [0.15, 0.2) is 0 Å². The molecule has 1 heterocycles. The first-order valence-electron chi connectivity index (χ1n) is 6.15. The van der Waals surface area contributed by atoms with E-state index in [1.165, 1.54) is 4.31 Å². The average Bonchev–Trinajstić information content (AvgIpc) is 2.27. The third-order valence-electron chi connectivity index (χ3n) is 2.64. The van der Waals surface area contributed by atoms with Crippen molar-refractivity contribution in [1.82, 2.24) is 14.2 Å². The Morgan fingerprint density at radius 3 is 2.25 bits per heavy atom. The molecule has 0 saturated heterocycles. The van der Waals surface area contributed by atoms with E-state index in [-0.39, 0.29) is 11.5 Å². The molecule has 20 heavy (non-hydrogen) atoms. The summed E-state index contributed by atoms with van der Waals surface area (Å²) in [6, 6.07) is 3.73. The molecule has 0 radical (unpaired) electrons. The summed E-state index contributed by atoms with van der Waals surface area (Å²) in [6.07, 6.45) is 0. The summed E-state index contributed by atoms with van der Waals surface area (Å²) in [5.74, 6) is 0.672. The first-order chi connectivity index (χ1) is 8.81. The van der Waals surface area contributed by atoms with Crippen LogP contribution in [0, 0.1) is 13.8 Å². The van der Waals surface area contributed by atoms with Gasteiger partial charge in [0.2, 0.25) is 0 Å². The van der Waals surface area contributed by atoms with Crippen LogP contribution in [0.1, 0.15) is 11.3 Å². The van der Waals surface area contributed by atoms with Gasteiger partial charge in [-0.15, -0.1) is 0 Å². The summed E-state index contributed by atoms with van der Waals surface area (Å²) in [5.41, 5.74) is 1.99. The minimum absolute atomic E-state index is 0. The van der Waals surface area contributed by atoms with Gasteiger partial charge in [0.1, 0.15) is 5.82 Å². The van der Waals surface area contributed by atoms with Crippen LogP contribution in [-0.2, 0) is 0 Å². The van der Waals surface area contributed by atoms with Crippen LogP contribution in [-0.4, -0.2) is 59.9 Å². The average molecular weight is 300 g/mol. The molecule has 0 spiro atoms. The number of hydrogen-bond donors (Lipinski definition) is 1. The van der Waals surface area contributed by atoms with Crippen molar-refractivity contribution < 1.29 is 10.3 Å². The van der Waals surface area contributed by atoms with E-state index in [2.05, 4.69) is 17.8 Å². The Hall–Kier alpha value is -1.31. The number of anilines is 1. The van der Waals surface area contributed by atoms with Crippen LogP contribution in [0.2, 0.25) is 0 Å². The number of thiol groups is 1. The lowest BCUT2D eigenvalue weighted by atomic mass is 10.2. The number of amides is 2. The van der Waals surface area contributed by atoms with E-state index in [4.69, 9.17) is 0 Å². The third-order valence-corrected chi connectivity index (χ3v) is 2.81. The van der Waals surface area contributed by atoms with Crippen molar-refractivity contribution in [3.63, 3.8) is 0 Å². The van der Waals surface area contributed by atoms with Crippen LogP contribution in [0.4, 0.5) is 10.6 Å². The smallest absolute Gasteiger partial charge is 0.335 e. The van der Waals surface area contributed by atoms with E-state index < -0.39 is 0 Å². The highest BCUT2D eigenvalue weighted by Gasteiger charge is 2.19. The Bertz CT molecular complexity index is 432. The lowest BCUT2D eigenvalue weighted by Crippen LogP contribution is -2.41. The van der Waals surface area contributed by atoms with Gasteiger partial charge in [-0.3, -0.25) is 9.21 Å². The molecule has 1 aromatic heterocycles. The van der Waals surface area contributed by atoms with Crippen molar-refractivity contribution in [1.29, 1.82) is 0 Å². The predicted molar refractivity (Wildman–Crippen MR) is 85.4 cm³/mol. The number of aryl methyl sites for hydroxylation is 2. The van der Waals surface area contributed by atoms with Crippen LogP contribution in [0.5, 0.6) is 0 Å². The van der Waals surface area contributed by atoms with Gasteiger partial charge in [0.25, 0.3) is 0 Å². The van der Waals surface area contributed by atoms with Crippen LogP contribution < -0.4 is 4.90 Å². The summed E-state index contributed by atoms with van der Waals surface area (Å²) >= 11 is 4.08. The maximum absolute atomic E-state index is 12.2. The summed E-state index contributed by atoms with van der Waals surface area (Å²) < 4.78 is 1.27. The van der Waals surface area contributed by atoms with Crippen molar-refractivity contribution in [2.45, 2.75) is 13.8 Å². The Morgan fingerprint density at radius 1 is 1.20 bits per heavy atom. The molecule has 0 unspecified atom stereocenters. The Balaban J connectivity index is 0.00000361. The van der Waals surface area contributed by atoms with E-state index in [1.54, 1.807) is 11.9 Å². The minimum atomic E-state index is -0.178. The molecule has 1 rings (SSSR count). The van der Waals surface area contributed by atoms with Crippen LogP contribution in [0.25, 0.3) is 0 Å². The van der Waals surface area contributed by atoms with E-state index in [0.717, 1.165) is 17.8 Å². The Kier molecular flexibility index (Phi) is 7.55. The third kappa shape index (κ3) is 5.36. The molecule has 0 saturated carbocycles. The second-order valence-corrected chi connectivity index (χ2v) is 5.51. The highest BCUT2D eigenvalue weighted by Crippen LogP contribution is 2.16. The molecule has 0 atom stereocenters. The van der Waals surface area contributed by atoms with Gasteiger partial charge in [0, 0.05) is 25.8 Å². The van der Waals surface area contributed by atoms with Gasteiger partial charge >= 0.3 is 6.03 Å². The van der Waals surface area contributed by atoms with Crippen molar-refractivity contribution in [3.05, 3.63) is 23.4 Å². The molecule has 114 valence electrons. The minimum Gasteiger partial charge on any atom is -0.412 e. The molecule has 2 amide bonds. The number of aromatic nitrogens is 1. The fourth-order valence-electron chi connectivity index (χ4n) is 1.74. The zero-order chi connectivity index (χ0) is 14.6. The number of likely N-dealkylation sites (N-methyl/N-ethyl adjacent to an activating group) is 1. The lowest BCUT2D eigenvalue weighted by molar-refractivity contribution is 0.236. The molecular weight excluding hydrogens is 276 g/mol. The van der Waals surface area contributed by atoms with Gasteiger partial charge in [-0.1, -0.05) is 12.8 Å². The molecule has 0 aliphatic rings. The van der Waals surface area contributed by atoms with Gasteiger partial charge in [-0.05, 0) is 45.6 Å². The number of hydrogen-bond acceptors (Lipinski definition) is 4. The van der Waals surface area contributed by atoms with Gasteiger partial charge < -0.3 is 10.4 Å². The molecule has 0 aromatic carbocycles. The summed E-state index contributed by atoms with van der Waals surface area (Å²) in [6.45, 7) is 5.27. The molecule has 0 aliphatic carbocycles. The van der Waals surface area contributed by atoms with Crippen LogP contribution in [0.15, 0.2) is 12.1 Å². The molecule has 0 fully saturated rings. The molecule has 7 heteroatoms. The van der Waals surface area contributed by atoms with E-state index in [1.807, 2.05) is 45.0 Å². The second kappa shape index (κ2) is 8.08. The van der Waals surface area contributed by atoms with Crippen LogP contribution >= 0.6 is 12.8 Å². The van der Waals surface area contributed by atoms with Crippen molar-refractivity contribution in [3.8, 4) is 0 Å². The van der Waals surface area contributed by atoms with E-state index in [9.17, 15) is 4.79 Å². The number of carbonyl (C=O) groups excluding carboxylic acids is 1. The topological polar surface area (TPSA) is 71.2 Å². The monoisotopic (exact) mass is 300 g/mol. The van der Waals surface area contributed by atoms with Crippen molar-refractivity contribution in [2.75, 3.05) is 39.1 Å². The number of urea groups is 1. The maximum Gasteiger partial charge on any atom is 0.335 e. The summed E-state index contributed by atoms with van der Waals surface area (Å²) in [7, 11) is 5.57. The van der Waals surface area contributed by atoms with Crippen molar-refractivity contribution in [2.24, 2.45) is 0 Å². The molecule has 0 aliphatic heterocycles. The normalized spacial score (nSPS) is 10.2. The zero-order valence-corrected chi connectivity index (χ0v) is 13.6. The van der Waals surface area contributed by atoms with Gasteiger partial charge in [0.05, 0.1) is 0 Å². The molecule has 1 aromatic rings. The molecule has 0 bridgehead atoms. The van der Waals surface area contributed by atoms with Crippen molar-refractivity contribution >= 4 is 24.7 Å². The summed E-state index contributed by atoms with van der Waals surface area (Å²) in [4.78, 5) is 20.3. The van der Waals surface area contributed by atoms with Gasteiger partial charge in [-0.25, -0.2) is 9.78 Å². The number of carbonyl (C=O) groups is 1. The summed E-state index contributed by atoms with van der Waals surface area (Å²) in [5, 5.41) is 0. The van der Waals surface area contributed by atoms with Crippen LogP contribution in [0.3, 0.4) is 0 Å². The fraction of sp³-hybridized carbons (Fsp3) is 0.538. The first kappa shape index (κ1) is 18.7. The maximum atomic E-state index is 12.2. The molecule has 2 N–H and O–H groups in total. The highest BCUT2D eigenvalue weighted by atomic mass is 32.1. The standard InChI is InChI=1S/C13H22N4OS.H2O/c1-10-8-11(2)14-12(9-10)17(7-6-15(3)4)13(18)16(5)19;/h8-9,19H,6-7H2,1-5H3;1H2. The predicted octanol–water partition coefficient (Wildman–Crippen LogP) is 1.14. The molecule has 6 nitrogen and oxygen atoms in total. The highest BCUT2D eigenvalue weighted by molar-refractivity contribution is 7.78. The van der Waals surface area contributed by atoms with Gasteiger partial charge in [-0.2, -0.15) is 0 Å². The largest absolute Gasteiger partial charge is 0.412 e. The lowest BCUT2D eigenvalue weighted by Gasteiger charge is -2.26. The quantitative estimate of drug-likeness (QED) is 0.848. The fourth-order valence-corrected chi connectivity index (χ4v) is 1.85. The SMILES string of the molecule is Cc1cc(C)nc(N(CCN(C)C)C(=O)N(C)S)c1.O. The zero-order valence-electron chi connectivity index (χ0n) is 12.7. The second-order valence-electron chi connectivity index (χ2n) is 4.91. The van der Waals surface area contributed by atoms with E-state index in [0.29, 0.717) is 12.4 Å². The first-order valence-corrected chi connectivity index (χ1v) is 6.55. The van der Waals surface area contributed by atoms with E-state index >= 15 is 0 Å². The Morgan fingerprint density at radius 2 is 1.80 bits per heavy atom.